The first-order valence-corrected chi connectivity index (χ1v) is 5.38. The quantitative estimate of drug-likeness (QED) is 0.252. The molecule has 1 saturated heterocycles. The van der Waals surface area contributed by atoms with Crippen molar-refractivity contribution in [2.45, 2.75) is 6.42 Å². The van der Waals surface area contributed by atoms with Crippen LogP contribution in [0.1, 0.15) is 6.42 Å². The molecule has 1 heterocycles. The van der Waals surface area contributed by atoms with Gasteiger partial charge in [-0.05, 0) is 6.42 Å². The summed E-state index contributed by atoms with van der Waals surface area (Å²) in [6.45, 7) is 5.05. The van der Waals surface area contributed by atoms with Gasteiger partial charge in [-0.1, -0.05) is 0 Å². The predicted octanol–water partition coefficient (Wildman–Crippen LogP) is -0.599. The van der Waals surface area contributed by atoms with Crippen LogP contribution in [0.4, 0.5) is 0 Å². The van der Waals surface area contributed by atoms with Gasteiger partial charge in [-0.25, -0.2) is 0 Å². The minimum atomic E-state index is -0.762. The second kappa shape index (κ2) is 7.13. The van der Waals surface area contributed by atoms with Crippen molar-refractivity contribution >= 4 is 6.29 Å². The summed E-state index contributed by atoms with van der Waals surface area (Å²) in [5.41, 5.74) is 0. The highest BCUT2D eigenvalue weighted by atomic mass is 16.9. The van der Waals surface area contributed by atoms with Crippen LogP contribution in [0.2, 0.25) is 0 Å². The Labute approximate surface area is 94.1 Å². The molecule has 7 nitrogen and oxygen atoms in total. The molecule has 0 aliphatic carbocycles. The molecule has 1 aliphatic heterocycles. The Balaban J connectivity index is 2.03. The molecule has 0 aromatic heterocycles. The van der Waals surface area contributed by atoms with E-state index in [4.69, 9.17) is 0 Å². The highest BCUT2D eigenvalue weighted by Crippen LogP contribution is 2.01. The van der Waals surface area contributed by atoms with Gasteiger partial charge in [0.05, 0.1) is 13.2 Å². The number of carbonyl (C=O) groups excluding carboxylic acids is 1. The van der Waals surface area contributed by atoms with E-state index < -0.39 is 5.09 Å². The lowest BCUT2D eigenvalue weighted by atomic mass is 10.3. The Bertz CT molecular complexity index is 229. The second-order valence-corrected chi connectivity index (χ2v) is 3.72. The van der Waals surface area contributed by atoms with E-state index >= 15 is 0 Å². The van der Waals surface area contributed by atoms with Crippen molar-refractivity contribution in [2.24, 2.45) is 0 Å². The number of hydrogen-bond donors (Lipinski definition) is 0. The zero-order chi connectivity index (χ0) is 11.8. The summed E-state index contributed by atoms with van der Waals surface area (Å²) in [7, 11) is 0. The Morgan fingerprint density at radius 1 is 1.25 bits per heavy atom. The molecule has 0 bridgehead atoms. The first-order valence-electron chi connectivity index (χ1n) is 5.38. The van der Waals surface area contributed by atoms with Crippen LogP contribution >= 0.6 is 0 Å². The zero-order valence-corrected chi connectivity index (χ0v) is 9.21. The molecule has 0 amide bonds. The van der Waals surface area contributed by atoms with Gasteiger partial charge in [0.25, 0.3) is 5.09 Å². The van der Waals surface area contributed by atoms with Gasteiger partial charge in [-0.2, -0.15) is 0 Å². The minimum absolute atomic E-state index is 0.154. The van der Waals surface area contributed by atoms with Gasteiger partial charge in [0.2, 0.25) is 0 Å². The lowest BCUT2D eigenvalue weighted by Gasteiger charge is -2.33. The topological polar surface area (TPSA) is 75.9 Å². The third-order valence-electron chi connectivity index (χ3n) is 2.61. The van der Waals surface area contributed by atoms with Gasteiger partial charge in [0, 0.05) is 32.7 Å². The van der Waals surface area contributed by atoms with Crippen molar-refractivity contribution in [3.05, 3.63) is 10.1 Å². The number of aldehydes is 1. The predicted molar refractivity (Wildman–Crippen MR) is 56.5 cm³/mol. The fourth-order valence-electron chi connectivity index (χ4n) is 1.73. The fraction of sp³-hybridized carbons (Fsp3) is 0.889. The van der Waals surface area contributed by atoms with Gasteiger partial charge in [0.1, 0.15) is 6.29 Å². The number of carbonyl (C=O) groups is 1. The maximum atomic E-state index is 10.3. The summed E-state index contributed by atoms with van der Waals surface area (Å²) in [6, 6.07) is 0. The van der Waals surface area contributed by atoms with Crippen molar-refractivity contribution in [3.63, 3.8) is 0 Å². The largest absolute Gasteiger partial charge is 0.314 e. The number of hydrogen-bond acceptors (Lipinski definition) is 6. The third kappa shape index (κ3) is 5.04. The summed E-state index contributed by atoms with van der Waals surface area (Å²) >= 11 is 0. The first-order chi connectivity index (χ1) is 7.72. The Kier molecular flexibility index (Phi) is 5.73. The Morgan fingerprint density at radius 2 is 1.88 bits per heavy atom. The first kappa shape index (κ1) is 12.9. The van der Waals surface area contributed by atoms with Crippen LogP contribution in [-0.2, 0) is 9.63 Å². The van der Waals surface area contributed by atoms with Crippen LogP contribution in [0.5, 0.6) is 0 Å². The molecular weight excluding hydrogens is 214 g/mol. The van der Waals surface area contributed by atoms with Crippen LogP contribution in [0, 0.1) is 10.1 Å². The van der Waals surface area contributed by atoms with E-state index in [1.54, 1.807) is 0 Å². The van der Waals surface area contributed by atoms with Gasteiger partial charge in [0.15, 0.2) is 0 Å². The molecule has 1 rings (SSSR count). The maximum Gasteiger partial charge on any atom is 0.294 e. The van der Waals surface area contributed by atoms with E-state index in [1.807, 2.05) is 0 Å². The van der Waals surface area contributed by atoms with Crippen molar-refractivity contribution in [2.75, 3.05) is 45.9 Å². The van der Waals surface area contributed by atoms with E-state index in [9.17, 15) is 14.9 Å². The van der Waals surface area contributed by atoms with Crippen LogP contribution in [0.25, 0.3) is 0 Å². The standard InChI is InChI=1S/C9H17N3O4/c13-8-7-11-5-3-10(4-6-11)2-1-9-16-12(14)15/h8H,1-7,9H2. The smallest absolute Gasteiger partial charge is 0.294 e. The van der Waals surface area contributed by atoms with Gasteiger partial charge in [-0.3, -0.25) is 4.90 Å². The van der Waals surface area contributed by atoms with E-state index in [2.05, 4.69) is 14.6 Å². The molecular formula is C9H17N3O4. The van der Waals surface area contributed by atoms with Crippen molar-refractivity contribution < 1.29 is 14.7 Å². The van der Waals surface area contributed by atoms with Crippen LogP contribution in [-0.4, -0.2) is 67.0 Å². The van der Waals surface area contributed by atoms with Crippen molar-refractivity contribution in [1.29, 1.82) is 0 Å². The van der Waals surface area contributed by atoms with E-state index in [0.717, 1.165) is 39.0 Å². The SMILES string of the molecule is O=CCN1CCN(CCCO[N+](=O)[O-])CC1. The average Bonchev–Trinajstić information content (AvgIpc) is 2.27. The summed E-state index contributed by atoms with van der Waals surface area (Å²) in [5, 5.41) is 9.13. The van der Waals surface area contributed by atoms with Gasteiger partial charge >= 0.3 is 0 Å². The third-order valence-corrected chi connectivity index (χ3v) is 2.61. The van der Waals surface area contributed by atoms with E-state index in [0.29, 0.717) is 13.0 Å². The fourth-order valence-corrected chi connectivity index (χ4v) is 1.73. The highest BCUT2D eigenvalue weighted by molar-refractivity contribution is 5.51. The number of nitrogens with zero attached hydrogens (tertiary/aromatic N) is 3. The number of rotatable bonds is 7. The minimum Gasteiger partial charge on any atom is -0.314 e. The highest BCUT2D eigenvalue weighted by Gasteiger charge is 2.15. The molecule has 0 aromatic carbocycles. The molecule has 7 heteroatoms. The lowest BCUT2D eigenvalue weighted by Crippen LogP contribution is -2.47. The lowest BCUT2D eigenvalue weighted by molar-refractivity contribution is -0.757. The monoisotopic (exact) mass is 231 g/mol. The molecule has 92 valence electrons. The van der Waals surface area contributed by atoms with Gasteiger partial charge < -0.3 is 14.5 Å². The van der Waals surface area contributed by atoms with Crippen LogP contribution in [0.3, 0.4) is 0 Å². The normalized spacial score (nSPS) is 18.2. The second-order valence-electron chi connectivity index (χ2n) is 3.72. The number of piperazine rings is 1. The van der Waals surface area contributed by atoms with Gasteiger partial charge in [-0.15, -0.1) is 10.1 Å². The van der Waals surface area contributed by atoms with Crippen molar-refractivity contribution in [3.8, 4) is 0 Å². The van der Waals surface area contributed by atoms with E-state index in [1.165, 1.54) is 0 Å². The van der Waals surface area contributed by atoms with E-state index in [-0.39, 0.29) is 6.61 Å². The molecule has 0 aromatic rings. The summed E-state index contributed by atoms with van der Waals surface area (Å²) in [5.74, 6) is 0. The van der Waals surface area contributed by atoms with Crippen LogP contribution < -0.4 is 0 Å². The summed E-state index contributed by atoms with van der Waals surface area (Å²) in [4.78, 5) is 28.7. The maximum absolute atomic E-state index is 10.3. The Hall–Kier alpha value is -1.21. The molecule has 0 unspecified atom stereocenters. The molecule has 0 saturated carbocycles. The van der Waals surface area contributed by atoms with Crippen LogP contribution in [0.15, 0.2) is 0 Å². The molecule has 0 radical (unpaired) electrons. The average molecular weight is 231 g/mol. The molecule has 1 fully saturated rings. The summed E-state index contributed by atoms with van der Waals surface area (Å²) < 4.78 is 0. The zero-order valence-electron chi connectivity index (χ0n) is 9.21. The molecule has 0 N–H and O–H groups in total. The molecule has 16 heavy (non-hydrogen) atoms. The summed E-state index contributed by atoms with van der Waals surface area (Å²) in [6.07, 6.45) is 1.58. The Morgan fingerprint density at radius 3 is 2.44 bits per heavy atom. The molecule has 0 atom stereocenters. The van der Waals surface area contributed by atoms with Crippen molar-refractivity contribution in [1.82, 2.24) is 9.80 Å². The molecule has 1 aliphatic rings. The molecule has 0 spiro atoms.